The Labute approximate surface area is 87.0 Å². The molecule has 15 heavy (non-hydrogen) atoms. The van der Waals surface area contributed by atoms with Gasteiger partial charge in [-0.15, -0.1) is 0 Å². The fourth-order valence-corrected chi connectivity index (χ4v) is 1.43. The second-order valence-corrected chi connectivity index (χ2v) is 3.42. The van der Waals surface area contributed by atoms with Gasteiger partial charge in [0.1, 0.15) is 0 Å². The van der Waals surface area contributed by atoms with Crippen LogP contribution in [0.25, 0.3) is 6.08 Å². The quantitative estimate of drug-likeness (QED) is 0.742. The average Bonchev–Trinajstić information content (AvgIpc) is 2.55. The second-order valence-electron chi connectivity index (χ2n) is 3.42. The summed E-state index contributed by atoms with van der Waals surface area (Å²) in [6.07, 6.45) is 7.27. The number of ether oxygens (including phenoxy) is 1. The van der Waals surface area contributed by atoms with Crippen LogP contribution in [0.1, 0.15) is 12.1 Å². The molecular weight excluding hydrogens is 196 g/mol. The molecule has 1 N–H and O–H groups in total. The van der Waals surface area contributed by atoms with Crippen LogP contribution in [0.2, 0.25) is 0 Å². The summed E-state index contributed by atoms with van der Waals surface area (Å²) in [5.74, 6) is -0.956. The zero-order valence-electron chi connectivity index (χ0n) is 8.17. The molecule has 0 radical (unpaired) electrons. The van der Waals surface area contributed by atoms with E-state index < -0.39 is 5.97 Å². The monoisotopic (exact) mass is 208 g/mol. The fraction of sp³-hybridized carbons (Fsp3) is 0.400. The van der Waals surface area contributed by atoms with Crippen LogP contribution in [0, 0.1) is 0 Å². The van der Waals surface area contributed by atoms with Gasteiger partial charge < -0.3 is 14.4 Å². The van der Waals surface area contributed by atoms with E-state index in [1.807, 2.05) is 4.57 Å². The minimum atomic E-state index is -0.956. The summed E-state index contributed by atoms with van der Waals surface area (Å²) < 4.78 is 7.19. The topological polar surface area (TPSA) is 64.3 Å². The molecular formula is C10H12N2O3. The Balaban J connectivity index is 2.03. The molecule has 1 aliphatic rings. The predicted molar refractivity (Wildman–Crippen MR) is 53.3 cm³/mol. The van der Waals surface area contributed by atoms with Crippen molar-refractivity contribution in [3.63, 3.8) is 0 Å². The molecule has 0 saturated carbocycles. The van der Waals surface area contributed by atoms with Crippen molar-refractivity contribution in [3.8, 4) is 0 Å². The highest BCUT2D eigenvalue weighted by Gasteiger charge is 2.18. The normalized spacial score (nSPS) is 20.4. The minimum Gasteiger partial charge on any atom is -0.478 e. The third-order valence-electron chi connectivity index (χ3n) is 2.33. The lowest BCUT2D eigenvalue weighted by molar-refractivity contribution is -0.131. The van der Waals surface area contributed by atoms with Crippen molar-refractivity contribution < 1.29 is 14.6 Å². The Morgan fingerprint density at radius 3 is 3.20 bits per heavy atom. The molecule has 2 rings (SSSR count). The molecule has 0 aromatic carbocycles. The van der Waals surface area contributed by atoms with Gasteiger partial charge in [-0.25, -0.2) is 9.78 Å². The maximum atomic E-state index is 10.4. The number of hydrogen-bond donors (Lipinski definition) is 1. The molecule has 80 valence electrons. The Morgan fingerprint density at radius 2 is 2.60 bits per heavy atom. The van der Waals surface area contributed by atoms with Gasteiger partial charge in [-0.2, -0.15) is 0 Å². The highest BCUT2D eigenvalue weighted by molar-refractivity contribution is 5.84. The maximum absolute atomic E-state index is 10.4. The van der Waals surface area contributed by atoms with Crippen LogP contribution in [0.4, 0.5) is 0 Å². The molecule has 1 aromatic heterocycles. The Hall–Kier alpha value is -1.62. The van der Waals surface area contributed by atoms with Crippen molar-refractivity contribution in [2.75, 3.05) is 6.61 Å². The zero-order valence-corrected chi connectivity index (χ0v) is 8.17. The van der Waals surface area contributed by atoms with E-state index in [0.717, 1.165) is 31.3 Å². The first-order chi connectivity index (χ1) is 7.25. The van der Waals surface area contributed by atoms with E-state index in [0.29, 0.717) is 0 Å². The summed E-state index contributed by atoms with van der Waals surface area (Å²) in [6, 6.07) is 0. The summed E-state index contributed by atoms with van der Waals surface area (Å²) >= 11 is 0. The molecule has 1 aromatic rings. The van der Waals surface area contributed by atoms with Gasteiger partial charge in [0.15, 0.2) is 0 Å². The summed E-state index contributed by atoms with van der Waals surface area (Å²) in [6.45, 7) is 1.55. The zero-order chi connectivity index (χ0) is 10.7. The molecule has 0 aliphatic carbocycles. The molecule has 2 heterocycles. The van der Waals surface area contributed by atoms with E-state index >= 15 is 0 Å². The van der Waals surface area contributed by atoms with Crippen molar-refractivity contribution in [1.82, 2.24) is 9.55 Å². The van der Waals surface area contributed by atoms with E-state index in [-0.39, 0.29) is 6.10 Å². The Bertz CT molecular complexity index is 380. The summed E-state index contributed by atoms with van der Waals surface area (Å²) in [4.78, 5) is 14.3. The first-order valence-electron chi connectivity index (χ1n) is 4.78. The number of nitrogens with zero attached hydrogens (tertiary/aromatic N) is 2. The average molecular weight is 208 g/mol. The van der Waals surface area contributed by atoms with E-state index in [9.17, 15) is 4.79 Å². The van der Waals surface area contributed by atoms with Gasteiger partial charge in [-0.3, -0.25) is 0 Å². The number of carboxylic acid groups (broad SMARTS) is 1. The second kappa shape index (κ2) is 4.27. The van der Waals surface area contributed by atoms with Crippen LogP contribution in [-0.4, -0.2) is 33.3 Å². The molecule has 0 unspecified atom stereocenters. The lowest BCUT2D eigenvalue weighted by atomic mass is 10.2. The summed E-state index contributed by atoms with van der Waals surface area (Å²) in [5.41, 5.74) is 0.785. The van der Waals surface area contributed by atoms with E-state index in [1.165, 1.54) is 6.08 Å². The van der Waals surface area contributed by atoms with Crippen molar-refractivity contribution in [3.05, 3.63) is 24.3 Å². The van der Waals surface area contributed by atoms with Gasteiger partial charge in [0, 0.05) is 12.7 Å². The molecule has 0 bridgehead atoms. The molecule has 5 nitrogen and oxygen atoms in total. The van der Waals surface area contributed by atoms with Gasteiger partial charge in [0.2, 0.25) is 0 Å². The van der Waals surface area contributed by atoms with Gasteiger partial charge in [0.05, 0.1) is 30.9 Å². The third-order valence-corrected chi connectivity index (χ3v) is 2.33. The number of rotatable bonds is 4. The van der Waals surface area contributed by atoms with E-state index in [2.05, 4.69) is 4.98 Å². The number of imidazole rings is 1. The SMILES string of the molecule is O=C(O)/C=C/c1cncn1C[C@@H]1CCO1. The number of hydrogen-bond acceptors (Lipinski definition) is 3. The van der Waals surface area contributed by atoms with Crippen LogP contribution >= 0.6 is 0 Å². The van der Waals surface area contributed by atoms with Gasteiger partial charge >= 0.3 is 5.97 Å². The minimum absolute atomic E-state index is 0.246. The van der Waals surface area contributed by atoms with Gasteiger partial charge in [0.25, 0.3) is 0 Å². The highest BCUT2D eigenvalue weighted by atomic mass is 16.5. The molecule has 0 amide bonds. The predicted octanol–water partition coefficient (Wildman–Crippen LogP) is 0.770. The molecule has 0 spiro atoms. The number of aliphatic carboxylic acids is 1. The van der Waals surface area contributed by atoms with Crippen molar-refractivity contribution in [2.24, 2.45) is 0 Å². The molecule has 1 fully saturated rings. The van der Waals surface area contributed by atoms with E-state index in [1.54, 1.807) is 12.5 Å². The largest absolute Gasteiger partial charge is 0.478 e. The summed E-state index contributed by atoms with van der Waals surface area (Å²) in [7, 11) is 0. The lowest BCUT2D eigenvalue weighted by Crippen LogP contribution is -2.31. The molecule has 1 aliphatic heterocycles. The van der Waals surface area contributed by atoms with E-state index in [4.69, 9.17) is 9.84 Å². The molecule has 5 heteroatoms. The van der Waals surface area contributed by atoms with Crippen molar-refractivity contribution in [1.29, 1.82) is 0 Å². The van der Waals surface area contributed by atoms with Crippen molar-refractivity contribution in [2.45, 2.75) is 19.1 Å². The lowest BCUT2D eigenvalue weighted by Gasteiger charge is -2.26. The third kappa shape index (κ3) is 2.44. The standard InChI is InChI=1S/C10H12N2O3/c13-10(14)2-1-8-5-11-7-12(8)6-9-3-4-15-9/h1-2,5,7,9H,3-4,6H2,(H,13,14)/b2-1+/t9-/m0/s1. The first-order valence-corrected chi connectivity index (χ1v) is 4.78. The Kier molecular flexibility index (Phi) is 2.82. The highest BCUT2D eigenvalue weighted by Crippen LogP contribution is 2.14. The number of aromatic nitrogens is 2. The molecule has 1 saturated heterocycles. The van der Waals surface area contributed by atoms with Crippen LogP contribution in [0.3, 0.4) is 0 Å². The Morgan fingerprint density at radius 1 is 1.80 bits per heavy atom. The number of carboxylic acids is 1. The summed E-state index contributed by atoms with van der Waals surface area (Å²) in [5, 5.41) is 8.50. The van der Waals surface area contributed by atoms with Crippen LogP contribution in [0.15, 0.2) is 18.6 Å². The van der Waals surface area contributed by atoms with Crippen molar-refractivity contribution >= 4 is 12.0 Å². The fourth-order valence-electron chi connectivity index (χ4n) is 1.43. The first kappa shape index (κ1) is 9.92. The van der Waals surface area contributed by atoms with Crippen LogP contribution in [0.5, 0.6) is 0 Å². The maximum Gasteiger partial charge on any atom is 0.328 e. The van der Waals surface area contributed by atoms with Crippen LogP contribution < -0.4 is 0 Å². The van der Waals surface area contributed by atoms with Crippen LogP contribution in [-0.2, 0) is 16.1 Å². The number of carbonyl (C=O) groups is 1. The van der Waals surface area contributed by atoms with Gasteiger partial charge in [-0.1, -0.05) is 0 Å². The van der Waals surface area contributed by atoms with Gasteiger partial charge in [-0.05, 0) is 12.5 Å². The molecule has 1 atom stereocenters. The smallest absolute Gasteiger partial charge is 0.328 e.